The molecule has 1 aliphatic heterocycles. The van der Waals surface area contributed by atoms with Crippen LogP contribution in [0.4, 0.5) is 4.79 Å². The van der Waals surface area contributed by atoms with E-state index in [0.29, 0.717) is 0 Å². The van der Waals surface area contributed by atoms with Gasteiger partial charge in [-0.2, -0.15) is 0 Å². The van der Waals surface area contributed by atoms with E-state index in [9.17, 15) is 4.79 Å². The Morgan fingerprint density at radius 1 is 1.44 bits per heavy atom. The molecule has 4 nitrogen and oxygen atoms in total. The van der Waals surface area contributed by atoms with Crippen molar-refractivity contribution >= 4 is 6.09 Å². The number of carbonyl (C=O) groups is 1. The van der Waals surface area contributed by atoms with Crippen LogP contribution in [0.5, 0.6) is 0 Å². The lowest BCUT2D eigenvalue weighted by atomic mass is 9.85. The first-order chi connectivity index (χ1) is 8.37. The molecule has 1 saturated heterocycles. The average Bonchev–Trinajstić information content (AvgIpc) is 2.25. The van der Waals surface area contributed by atoms with E-state index in [-0.39, 0.29) is 11.6 Å². The van der Waals surface area contributed by atoms with Crippen LogP contribution in [0.1, 0.15) is 59.8 Å². The van der Waals surface area contributed by atoms with Crippen molar-refractivity contribution in [1.29, 1.82) is 0 Å². The molecule has 4 heteroatoms. The summed E-state index contributed by atoms with van der Waals surface area (Å²) in [4.78, 5) is 11.9. The highest BCUT2D eigenvalue weighted by Crippen LogP contribution is 2.23. The molecule has 106 valence electrons. The van der Waals surface area contributed by atoms with Crippen LogP contribution in [0.3, 0.4) is 0 Å². The molecule has 0 saturated carbocycles. The van der Waals surface area contributed by atoms with Crippen molar-refractivity contribution in [2.75, 3.05) is 13.1 Å². The van der Waals surface area contributed by atoms with Crippen LogP contribution in [0, 0.1) is 0 Å². The molecule has 1 heterocycles. The molecule has 0 aromatic carbocycles. The molecule has 0 aromatic rings. The second kappa shape index (κ2) is 6.41. The first kappa shape index (κ1) is 15.3. The van der Waals surface area contributed by atoms with E-state index < -0.39 is 5.60 Å². The third-order valence-corrected chi connectivity index (χ3v) is 3.25. The maximum atomic E-state index is 11.9. The topological polar surface area (TPSA) is 50.4 Å². The number of alkyl carbamates (subject to hydrolysis) is 1. The van der Waals surface area contributed by atoms with E-state index in [2.05, 4.69) is 17.6 Å². The molecular formula is C14H28N2O2. The Hall–Kier alpha value is -0.770. The molecule has 1 amide bonds. The lowest BCUT2D eigenvalue weighted by Crippen LogP contribution is -2.58. The third kappa shape index (κ3) is 5.25. The van der Waals surface area contributed by atoms with Gasteiger partial charge < -0.3 is 15.4 Å². The van der Waals surface area contributed by atoms with Crippen molar-refractivity contribution in [2.24, 2.45) is 0 Å². The molecular weight excluding hydrogens is 228 g/mol. The highest BCUT2D eigenvalue weighted by Gasteiger charge is 2.34. The second-order valence-electron chi connectivity index (χ2n) is 6.29. The Morgan fingerprint density at radius 3 is 2.67 bits per heavy atom. The van der Waals surface area contributed by atoms with E-state index in [4.69, 9.17) is 4.74 Å². The van der Waals surface area contributed by atoms with Gasteiger partial charge in [-0.25, -0.2) is 4.79 Å². The fourth-order valence-corrected chi connectivity index (χ4v) is 2.39. The predicted molar refractivity (Wildman–Crippen MR) is 73.7 cm³/mol. The molecule has 0 spiro atoms. The highest BCUT2D eigenvalue weighted by molar-refractivity contribution is 5.68. The number of unbranched alkanes of at least 4 members (excludes halogenated alkanes) is 1. The van der Waals surface area contributed by atoms with Crippen LogP contribution >= 0.6 is 0 Å². The second-order valence-corrected chi connectivity index (χ2v) is 6.29. The molecule has 18 heavy (non-hydrogen) atoms. The summed E-state index contributed by atoms with van der Waals surface area (Å²) in [6.45, 7) is 9.76. The van der Waals surface area contributed by atoms with Crippen molar-refractivity contribution in [3.8, 4) is 0 Å². The monoisotopic (exact) mass is 256 g/mol. The minimum absolute atomic E-state index is 0.114. The highest BCUT2D eigenvalue weighted by atomic mass is 16.6. The lowest BCUT2D eigenvalue weighted by Gasteiger charge is -2.39. The summed E-state index contributed by atoms with van der Waals surface area (Å²) >= 11 is 0. The quantitative estimate of drug-likeness (QED) is 0.813. The van der Waals surface area contributed by atoms with Gasteiger partial charge in [-0.15, -0.1) is 0 Å². The van der Waals surface area contributed by atoms with E-state index in [0.717, 1.165) is 45.2 Å². The minimum Gasteiger partial charge on any atom is -0.444 e. The molecule has 0 aliphatic carbocycles. The number of carbonyl (C=O) groups excluding carboxylic acids is 1. The van der Waals surface area contributed by atoms with Gasteiger partial charge in [-0.3, -0.25) is 0 Å². The number of nitrogens with one attached hydrogen (secondary N) is 2. The maximum absolute atomic E-state index is 11.9. The average molecular weight is 256 g/mol. The summed E-state index contributed by atoms with van der Waals surface area (Å²) in [5.74, 6) is 0. The fourth-order valence-electron chi connectivity index (χ4n) is 2.39. The summed E-state index contributed by atoms with van der Waals surface area (Å²) in [6.07, 6.45) is 5.17. The summed E-state index contributed by atoms with van der Waals surface area (Å²) in [6, 6.07) is 0. The van der Waals surface area contributed by atoms with Gasteiger partial charge in [0.1, 0.15) is 5.60 Å². The molecule has 0 aromatic heterocycles. The minimum atomic E-state index is -0.432. The number of ether oxygens (including phenoxy) is 1. The van der Waals surface area contributed by atoms with E-state index in [1.54, 1.807) is 0 Å². The van der Waals surface area contributed by atoms with E-state index >= 15 is 0 Å². The van der Waals surface area contributed by atoms with Crippen LogP contribution < -0.4 is 10.6 Å². The number of amides is 1. The summed E-state index contributed by atoms with van der Waals surface area (Å²) in [5, 5.41) is 6.48. The van der Waals surface area contributed by atoms with Gasteiger partial charge >= 0.3 is 6.09 Å². The largest absolute Gasteiger partial charge is 0.444 e. The van der Waals surface area contributed by atoms with E-state index in [1.165, 1.54) is 0 Å². The predicted octanol–water partition coefficient (Wildman–Crippen LogP) is 2.82. The van der Waals surface area contributed by atoms with Crippen LogP contribution in [-0.4, -0.2) is 30.3 Å². The standard InChI is InChI=1S/C14H28N2O2/c1-5-6-8-14(9-7-10-15-11-14)16-12(17)18-13(2,3)4/h15H,5-11H2,1-4H3,(H,16,17)/t14-/m1/s1. The van der Waals surface area contributed by atoms with Crippen molar-refractivity contribution in [1.82, 2.24) is 10.6 Å². The van der Waals surface area contributed by atoms with Crippen LogP contribution in [0.2, 0.25) is 0 Å². The van der Waals surface area contributed by atoms with Crippen LogP contribution in [-0.2, 0) is 4.74 Å². The van der Waals surface area contributed by atoms with Gasteiger partial charge in [0.05, 0.1) is 5.54 Å². The van der Waals surface area contributed by atoms with Crippen molar-refractivity contribution in [3.05, 3.63) is 0 Å². The van der Waals surface area contributed by atoms with Gasteiger partial charge in [0.25, 0.3) is 0 Å². The molecule has 1 fully saturated rings. The van der Waals surface area contributed by atoms with Gasteiger partial charge in [-0.1, -0.05) is 19.8 Å². The summed E-state index contributed by atoms with van der Waals surface area (Å²) in [7, 11) is 0. The van der Waals surface area contributed by atoms with Gasteiger partial charge in [-0.05, 0) is 46.6 Å². The Morgan fingerprint density at radius 2 is 2.17 bits per heavy atom. The zero-order valence-corrected chi connectivity index (χ0v) is 12.3. The molecule has 2 N–H and O–H groups in total. The molecule has 0 radical (unpaired) electrons. The van der Waals surface area contributed by atoms with Gasteiger partial charge in [0.2, 0.25) is 0 Å². The Bertz CT molecular complexity index is 265. The number of hydrogen-bond acceptors (Lipinski definition) is 3. The molecule has 0 bridgehead atoms. The zero-order valence-electron chi connectivity index (χ0n) is 12.3. The van der Waals surface area contributed by atoms with E-state index in [1.807, 2.05) is 20.8 Å². The SMILES string of the molecule is CCCC[C@@]1(NC(=O)OC(C)(C)C)CCCNC1. The van der Waals surface area contributed by atoms with Crippen LogP contribution in [0.25, 0.3) is 0 Å². The Balaban J connectivity index is 2.57. The smallest absolute Gasteiger partial charge is 0.408 e. The fraction of sp³-hybridized carbons (Fsp3) is 0.929. The maximum Gasteiger partial charge on any atom is 0.408 e. The first-order valence-corrected chi connectivity index (χ1v) is 7.09. The van der Waals surface area contributed by atoms with Crippen molar-refractivity contribution in [3.63, 3.8) is 0 Å². The number of rotatable bonds is 4. The lowest BCUT2D eigenvalue weighted by molar-refractivity contribution is 0.0425. The van der Waals surface area contributed by atoms with Crippen molar-refractivity contribution in [2.45, 2.75) is 70.9 Å². The summed E-state index contributed by atoms with van der Waals surface area (Å²) in [5.41, 5.74) is -0.547. The molecule has 1 rings (SSSR count). The number of hydrogen-bond donors (Lipinski definition) is 2. The van der Waals surface area contributed by atoms with Crippen LogP contribution in [0.15, 0.2) is 0 Å². The molecule has 1 aliphatic rings. The Labute approximate surface area is 111 Å². The number of piperidine rings is 1. The van der Waals surface area contributed by atoms with Gasteiger partial charge in [0, 0.05) is 6.54 Å². The summed E-state index contributed by atoms with van der Waals surface area (Å²) < 4.78 is 5.37. The normalized spacial score (nSPS) is 24.7. The molecule has 1 atom stereocenters. The first-order valence-electron chi connectivity index (χ1n) is 7.09. The third-order valence-electron chi connectivity index (χ3n) is 3.25. The van der Waals surface area contributed by atoms with Gasteiger partial charge in [0.15, 0.2) is 0 Å². The van der Waals surface area contributed by atoms with Crippen molar-refractivity contribution < 1.29 is 9.53 Å². The molecule has 0 unspecified atom stereocenters. The zero-order chi connectivity index (χ0) is 13.6. The Kier molecular flexibility index (Phi) is 5.45.